The first kappa shape index (κ1) is 12.6. The van der Waals surface area contributed by atoms with E-state index in [4.69, 9.17) is 9.15 Å². The molecule has 96 valence electrons. The molecule has 1 aromatic carbocycles. The molecular formula is C14H16FNO2. The maximum absolute atomic E-state index is 13.3. The molecule has 0 unspecified atom stereocenters. The average Bonchev–Trinajstić information content (AvgIpc) is 2.83. The number of hydrogen-bond donors (Lipinski definition) is 1. The van der Waals surface area contributed by atoms with Crippen molar-refractivity contribution in [3.63, 3.8) is 0 Å². The number of rotatable bonds is 6. The third-order valence-electron chi connectivity index (χ3n) is 2.49. The second kappa shape index (κ2) is 6.21. The molecule has 0 bridgehead atoms. The van der Waals surface area contributed by atoms with E-state index >= 15 is 0 Å². The van der Waals surface area contributed by atoms with Crippen molar-refractivity contribution in [1.82, 2.24) is 5.32 Å². The quantitative estimate of drug-likeness (QED) is 0.854. The number of benzene rings is 1. The molecule has 1 N–H and O–H groups in total. The lowest BCUT2D eigenvalue weighted by molar-refractivity contribution is 0.258. The van der Waals surface area contributed by atoms with Gasteiger partial charge in [0.05, 0.1) is 6.26 Å². The summed E-state index contributed by atoms with van der Waals surface area (Å²) in [6.45, 7) is 3.95. The molecule has 0 amide bonds. The predicted octanol–water partition coefficient (Wildman–Crippen LogP) is 3.11. The van der Waals surface area contributed by atoms with E-state index in [2.05, 4.69) is 5.32 Å². The molecular weight excluding hydrogens is 233 g/mol. The highest BCUT2D eigenvalue weighted by Gasteiger charge is 2.05. The standard InChI is InChI=1S/C14H16FNO2/c1-2-16-8-11-7-12(17-9-11)10-18-14-6-4-3-5-13(14)15/h3-7,9,16H,2,8,10H2,1H3. The fraction of sp³-hybridized carbons (Fsp3) is 0.286. The zero-order chi connectivity index (χ0) is 12.8. The Morgan fingerprint density at radius 1 is 1.33 bits per heavy atom. The molecule has 3 nitrogen and oxygen atoms in total. The summed E-state index contributed by atoms with van der Waals surface area (Å²) in [5.41, 5.74) is 1.06. The van der Waals surface area contributed by atoms with Gasteiger partial charge in [0.2, 0.25) is 0 Å². The Hall–Kier alpha value is -1.81. The summed E-state index contributed by atoms with van der Waals surface area (Å²) in [4.78, 5) is 0. The summed E-state index contributed by atoms with van der Waals surface area (Å²) in [5, 5.41) is 3.20. The van der Waals surface area contributed by atoms with Crippen LogP contribution in [-0.2, 0) is 13.2 Å². The Balaban J connectivity index is 1.90. The van der Waals surface area contributed by atoms with E-state index in [1.807, 2.05) is 13.0 Å². The topological polar surface area (TPSA) is 34.4 Å². The first-order valence-electron chi connectivity index (χ1n) is 5.94. The van der Waals surface area contributed by atoms with E-state index in [-0.39, 0.29) is 18.2 Å². The molecule has 0 radical (unpaired) electrons. The lowest BCUT2D eigenvalue weighted by Gasteiger charge is -2.04. The van der Waals surface area contributed by atoms with Crippen LogP contribution in [0.5, 0.6) is 5.75 Å². The number of para-hydroxylation sites is 1. The summed E-state index contributed by atoms with van der Waals surface area (Å²) in [6.07, 6.45) is 1.68. The minimum absolute atomic E-state index is 0.229. The van der Waals surface area contributed by atoms with E-state index in [9.17, 15) is 4.39 Å². The highest BCUT2D eigenvalue weighted by atomic mass is 19.1. The van der Waals surface area contributed by atoms with Crippen molar-refractivity contribution < 1.29 is 13.5 Å². The minimum Gasteiger partial charge on any atom is -0.483 e. The molecule has 0 aliphatic carbocycles. The highest BCUT2D eigenvalue weighted by Crippen LogP contribution is 2.18. The summed E-state index contributed by atoms with van der Waals surface area (Å²) >= 11 is 0. The number of halogens is 1. The predicted molar refractivity (Wildman–Crippen MR) is 66.8 cm³/mol. The van der Waals surface area contributed by atoms with Crippen molar-refractivity contribution in [2.45, 2.75) is 20.1 Å². The van der Waals surface area contributed by atoms with Crippen molar-refractivity contribution in [3.05, 3.63) is 53.7 Å². The normalized spacial score (nSPS) is 10.6. The Kier molecular flexibility index (Phi) is 4.36. The fourth-order valence-electron chi connectivity index (χ4n) is 1.57. The zero-order valence-electron chi connectivity index (χ0n) is 10.3. The first-order chi connectivity index (χ1) is 8.79. The molecule has 0 saturated carbocycles. The van der Waals surface area contributed by atoms with E-state index < -0.39 is 0 Å². The molecule has 2 aromatic rings. The van der Waals surface area contributed by atoms with Gasteiger partial charge in [-0.2, -0.15) is 0 Å². The van der Waals surface area contributed by atoms with Crippen molar-refractivity contribution in [2.24, 2.45) is 0 Å². The molecule has 0 atom stereocenters. The molecule has 1 heterocycles. The van der Waals surface area contributed by atoms with Gasteiger partial charge in [-0.3, -0.25) is 0 Å². The summed E-state index contributed by atoms with van der Waals surface area (Å²) in [5.74, 6) is 0.560. The van der Waals surface area contributed by atoms with Crippen LogP contribution in [0.4, 0.5) is 4.39 Å². The van der Waals surface area contributed by atoms with Gasteiger partial charge in [-0.25, -0.2) is 4.39 Å². The maximum atomic E-state index is 13.3. The van der Waals surface area contributed by atoms with Gasteiger partial charge >= 0.3 is 0 Å². The highest BCUT2D eigenvalue weighted by molar-refractivity contribution is 5.24. The molecule has 0 saturated heterocycles. The smallest absolute Gasteiger partial charge is 0.165 e. The summed E-state index contributed by atoms with van der Waals surface area (Å²) in [6, 6.07) is 8.23. The minimum atomic E-state index is -0.364. The summed E-state index contributed by atoms with van der Waals surface area (Å²) < 4.78 is 24.0. The lowest BCUT2D eigenvalue weighted by Crippen LogP contribution is -2.10. The van der Waals surface area contributed by atoms with Crippen LogP contribution in [0.2, 0.25) is 0 Å². The monoisotopic (exact) mass is 249 g/mol. The van der Waals surface area contributed by atoms with Gasteiger partial charge in [-0.1, -0.05) is 19.1 Å². The molecule has 4 heteroatoms. The first-order valence-corrected chi connectivity index (χ1v) is 5.94. The average molecular weight is 249 g/mol. The summed E-state index contributed by atoms with van der Waals surface area (Å²) in [7, 11) is 0. The third kappa shape index (κ3) is 3.34. The van der Waals surface area contributed by atoms with Crippen LogP contribution in [0, 0.1) is 5.82 Å². The van der Waals surface area contributed by atoms with E-state index in [1.165, 1.54) is 6.07 Å². The van der Waals surface area contributed by atoms with Gasteiger partial charge in [0.1, 0.15) is 12.4 Å². The third-order valence-corrected chi connectivity index (χ3v) is 2.49. The van der Waals surface area contributed by atoms with E-state index in [1.54, 1.807) is 24.5 Å². The number of furan rings is 1. The van der Waals surface area contributed by atoms with Crippen molar-refractivity contribution in [1.29, 1.82) is 0 Å². The molecule has 0 fully saturated rings. The van der Waals surface area contributed by atoms with Crippen LogP contribution in [0.25, 0.3) is 0 Å². The maximum Gasteiger partial charge on any atom is 0.165 e. The fourth-order valence-corrected chi connectivity index (χ4v) is 1.57. The Bertz CT molecular complexity index is 496. The molecule has 2 rings (SSSR count). The van der Waals surface area contributed by atoms with Crippen LogP contribution in [0.3, 0.4) is 0 Å². The van der Waals surface area contributed by atoms with Crippen LogP contribution >= 0.6 is 0 Å². The number of ether oxygens (including phenoxy) is 1. The van der Waals surface area contributed by atoms with Crippen LogP contribution in [0.1, 0.15) is 18.2 Å². The van der Waals surface area contributed by atoms with Crippen LogP contribution < -0.4 is 10.1 Å². The SMILES string of the molecule is CCNCc1coc(COc2ccccc2F)c1. The van der Waals surface area contributed by atoms with E-state index in [0.29, 0.717) is 5.76 Å². The number of hydrogen-bond acceptors (Lipinski definition) is 3. The Morgan fingerprint density at radius 3 is 2.94 bits per heavy atom. The number of nitrogens with one attached hydrogen (secondary N) is 1. The van der Waals surface area contributed by atoms with Gasteiger partial charge in [-0.15, -0.1) is 0 Å². The van der Waals surface area contributed by atoms with Gasteiger partial charge < -0.3 is 14.5 Å². The molecule has 0 spiro atoms. The molecule has 1 aromatic heterocycles. The van der Waals surface area contributed by atoms with Crippen molar-refractivity contribution >= 4 is 0 Å². The van der Waals surface area contributed by atoms with Gasteiger partial charge in [-0.05, 0) is 24.7 Å². The van der Waals surface area contributed by atoms with Gasteiger partial charge in [0, 0.05) is 12.1 Å². The second-order valence-corrected chi connectivity index (χ2v) is 3.92. The molecule has 0 aliphatic rings. The largest absolute Gasteiger partial charge is 0.483 e. The zero-order valence-corrected chi connectivity index (χ0v) is 10.3. The van der Waals surface area contributed by atoms with Gasteiger partial charge in [0.15, 0.2) is 11.6 Å². The lowest BCUT2D eigenvalue weighted by atomic mass is 10.3. The van der Waals surface area contributed by atoms with E-state index in [0.717, 1.165) is 18.7 Å². The second-order valence-electron chi connectivity index (χ2n) is 3.92. The van der Waals surface area contributed by atoms with Crippen LogP contribution in [-0.4, -0.2) is 6.54 Å². The Morgan fingerprint density at radius 2 is 2.17 bits per heavy atom. The molecule has 0 aliphatic heterocycles. The van der Waals surface area contributed by atoms with Crippen LogP contribution in [0.15, 0.2) is 41.0 Å². The van der Waals surface area contributed by atoms with Crippen molar-refractivity contribution in [3.8, 4) is 5.75 Å². The Labute approximate surface area is 106 Å². The van der Waals surface area contributed by atoms with Crippen molar-refractivity contribution in [2.75, 3.05) is 6.54 Å². The molecule has 18 heavy (non-hydrogen) atoms. The van der Waals surface area contributed by atoms with Gasteiger partial charge in [0.25, 0.3) is 0 Å².